The number of anilines is 1. The van der Waals surface area contributed by atoms with E-state index in [1.165, 1.54) is 30.7 Å². The van der Waals surface area contributed by atoms with Gasteiger partial charge in [0.2, 0.25) is 5.91 Å². The molecule has 1 atom stereocenters. The number of ether oxygens (including phenoxy) is 2. The number of carbonyl (C=O) groups excluding carboxylic acids is 3. The number of methoxy groups -OCH3 is 2. The summed E-state index contributed by atoms with van der Waals surface area (Å²) in [7, 11) is 3.08. The van der Waals surface area contributed by atoms with Gasteiger partial charge in [-0.15, -0.1) is 0 Å². The summed E-state index contributed by atoms with van der Waals surface area (Å²) in [5.41, 5.74) is 1.60. The number of thioether (sulfide) groups is 1. The lowest BCUT2D eigenvalue weighted by Gasteiger charge is -2.26. The van der Waals surface area contributed by atoms with E-state index in [4.69, 9.17) is 9.47 Å². The van der Waals surface area contributed by atoms with Gasteiger partial charge in [0.15, 0.2) is 11.5 Å². The second-order valence-corrected chi connectivity index (χ2v) is 7.39. The Hall–Kier alpha value is -3.00. The van der Waals surface area contributed by atoms with Crippen LogP contribution in [-0.4, -0.2) is 48.8 Å². The number of hydrogen-bond acceptors (Lipinski definition) is 6. The van der Waals surface area contributed by atoms with Crippen molar-refractivity contribution in [3.63, 3.8) is 0 Å². The summed E-state index contributed by atoms with van der Waals surface area (Å²) in [5.74, 6) is 0.476. The molecule has 166 valence electrons. The second-order valence-electron chi connectivity index (χ2n) is 6.48. The van der Waals surface area contributed by atoms with Gasteiger partial charge >= 0.3 is 0 Å². The molecule has 0 aromatic heterocycles. The third-order valence-corrected chi connectivity index (χ3v) is 5.33. The first kappa shape index (κ1) is 24.3. The Morgan fingerprint density at radius 1 is 1.06 bits per heavy atom. The molecule has 0 radical (unpaired) electrons. The highest BCUT2D eigenvalue weighted by Crippen LogP contribution is 2.38. The van der Waals surface area contributed by atoms with Crippen LogP contribution in [0, 0.1) is 0 Å². The van der Waals surface area contributed by atoms with E-state index >= 15 is 0 Å². The molecule has 7 nitrogen and oxygen atoms in total. The predicted molar refractivity (Wildman–Crippen MR) is 123 cm³/mol. The maximum Gasteiger partial charge on any atom is 0.264 e. The Bertz CT molecular complexity index is 976. The van der Waals surface area contributed by atoms with Crippen molar-refractivity contribution < 1.29 is 23.9 Å². The van der Waals surface area contributed by atoms with Crippen molar-refractivity contribution in [2.75, 3.05) is 31.5 Å². The molecule has 0 bridgehead atoms. The highest BCUT2D eigenvalue weighted by Gasteiger charge is 2.42. The third-order valence-electron chi connectivity index (χ3n) is 4.69. The molecule has 1 N–H and O–H groups in total. The van der Waals surface area contributed by atoms with Crippen molar-refractivity contribution in [3.8, 4) is 11.5 Å². The summed E-state index contributed by atoms with van der Waals surface area (Å²) < 4.78 is 10.7. The predicted octanol–water partition coefficient (Wildman–Crippen LogP) is 4.39. The molecule has 2 aromatic carbocycles. The Morgan fingerprint density at radius 3 is 2.32 bits per heavy atom. The van der Waals surface area contributed by atoms with Gasteiger partial charge in [-0.25, -0.2) is 0 Å². The molecule has 1 aliphatic rings. The maximum atomic E-state index is 13.3. The summed E-state index contributed by atoms with van der Waals surface area (Å²) >= 11 is 1.52. The van der Waals surface area contributed by atoms with Gasteiger partial charge in [-0.1, -0.05) is 26.0 Å². The Labute approximate surface area is 187 Å². The lowest BCUT2D eigenvalue weighted by molar-refractivity contribution is -0.114. The van der Waals surface area contributed by atoms with Crippen LogP contribution in [0.15, 0.2) is 36.4 Å². The molecule has 2 aromatic rings. The number of fused-ring (bicyclic) bond motifs is 1. The van der Waals surface area contributed by atoms with Crippen LogP contribution in [0.3, 0.4) is 0 Å². The molecule has 0 unspecified atom stereocenters. The van der Waals surface area contributed by atoms with E-state index in [0.717, 1.165) is 5.56 Å². The van der Waals surface area contributed by atoms with Crippen LogP contribution in [-0.2, 0) is 4.79 Å². The zero-order valence-electron chi connectivity index (χ0n) is 18.6. The highest BCUT2D eigenvalue weighted by atomic mass is 32.2. The van der Waals surface area contributed by atoms with Gasteiger partial charge in [0.25, 0.3) is 11.8 Å². The van der Waals surface area contributed by atoms with Gasteiger partial charge < -0.3 is 14.8 Å². The molecular formula is C23H28N2O5S. The quantitative estimate of drug-likeness (QED) is 0.638. The van der Waals surface area contributed by atoms with Crippen LogP contribution in [0.25, 0.3) is 0 Å². The van der Waals surface area contributed by atoms with Crippen LogP contribution in [0.4, 0.5) is 5.69 Å². The number of hydrogen-bond donors (Lipinski definition) is 1. The van der Waals surface area contributed by atoms with Crippen molar-refractivity contribution in [2.24, 2.45) is 0 Å². The van der Waals surface area contributed by atoms with Gasteiger partial charge in [-0.05, 0) is 36.1 Å². The first-order chi connectivity index (χ1) is 14.9. The highest BCUT2D eigenvalue weighted by molar-refractivity contribution is 7.98. The minimum absolute atomic E-state index is 0.222. The average molecular weight is 445 g/mol. The number of amides is 3. The monoisotopic (exact) mass is 444 g/mol. The van der Waals surface area contributed by atoms with Gasteiger partial charge in [0.1, 0.15) is 0 Å². The standard InChI is InChI=1S/C21H22N2O5S.C2H6/c1-12(24)22-15-7-5-6-14-19(15)21(26)23(20(14)25)16(11-29-4)13-8-9-17(27-2)18(10-13)28-3;1-2/h5-10,16H,11H2,1-4H3,(H,22,24);1-2H3/t16-;/m1./s1. The second kappa shape index (κ2) is 10.9. The number of carbonyl (C=O) groups is 3. The summed E-state index contributed by atoms with van der Waals surface area (Å²) in [5, 5.41) is 2.64. The van der Waals surface area contributed by atoms with E-state index in [2.05, 4.69) is 5.32 Å². The Balaban J connectivity index is 0.00000166. The van der Waals surface area contributed by atoms with Crippen molar-refractivity contribution in [2.45, 2.75) is 26.8 Å². The molecule has 0 saturated heterocycles. The van der Waals surface area contributed by atoms with Gasteiger partial charge in [0.05, 0.1) is 37.1 Å². The minimum atomic E-state index is -0.498. The summed E-state index contributed by atoms with van der Waals surface area (Å²) in [6.45, 7) is 5.36. The van der Waals surface area contributed by atoms with Crippen molar-refractivity contribution >= 4 is 35.2 Å². The van der Waals surface area contributed by atoms with Crippen molar-refractivity contribution in [1.82, 2.24) is 4.90 Å². The van der Waals surface area contributed by atoms with E-state index in [0.29, 0.717) is 22.9 Å². The van der Waals surface area contributed by atoms with Crippen LogP contribution in [0.2, 0.25) is 0 Å². The zero-order valence-corrected chi connectivity index (χ0v) is 19.5. The van der Waals surface area contributed by atoms with Crippen molar-refractivity contribution in [3.05, 3.63) is 53.1 Å². The lowest BCUT2D eigenvalue weighted by Crippen LogP contribution is -2.35. The average Bonchev–Trinajstić information content (AvgIpc) is 3.03. The molecule has 8 heteroatoms. The molecule has 1 aliphatic heterocycles. The fourth-order valence-corrected chi connectivity index (χ4v) is 4.08. The number of nitrogens with one attached hydrogen (secondary N) is 1. The first-order valence-corrected chi connectivity index (χ1v) is 11.3. The van der Waals surface area contributed by atoms with Crippen LogP contribution in [0.5, 0.6) is 11.5 Å². The maximum absolute atomic E-state index is 13.3. The molecule has 0 spiro atoms. The van der Waals surface area contributed by atoms with E-state index in [1.54, 1.807) is 37.4 Å². The zero-order chi connectivity index (χ0) is 23.1. The van der Waals surface area contributed by atoms with E-state index in [9.17, 15) is 14.4 Å². The molecule has 3 rings (SSSR count). The molecule has 31 heavy (non-hydrogen) atoms. The Kier molecular flexibility index (Phi) is 8.50. The van der Waals surface area contributed by atoms with Crippen LogP contribution in [0.1, 0.15) is 53.1 Å². The van der Waals surface area contributed by atoms with Crippen LogP contribution >= 0.6 is 11.8 Å². The smallest absolute Gasteiger partial charge is 0.264 e. The first-order valence-electron chi connectivity index (χ1n) is 9.92. The van der Waals surface area contributed by atoms with Crippen molar-refractivity contribution in [1.29, 1.82) is 0 Å². The molecular weight excluding hydrogens is 416 g/mol. The van der Waals surface area contributed by atoms with E-state index in [-0.39, 0.29) is 22.9 Å². The molecule has 1 heterocycles. The third kappa shape index (κ3) is 4.85. The molecule has 0 saturated carbocycles. The number of imide groups is 1. The summed E-state index contributed by atoms with van der Waals surface area (Å²) in [4.78, 5) is 39.2. The largest absolute Gasteiger partial charge is 0.493 e. The number of rotatable bonds is 7. The normalized spacial score (nSPS) is 13.2. The van der Waals surface area contributed by atoms with Gasteiger partial charge in [-0.3, -0.25) is 19.3 Å². The van der Waals surface area contributed by atoms with Gasteiger partial charge in [0, 0.05) is 12.7 Å². The topological polar surface area (TPSA) is 84.9 Å². The molecule has 0 fully saturated rings. The summed E-state index contributed by atoms with van der Waals surface area (Å²) in [6.07, 6.45) is 1.91. The Morgan fingerprint density at radius 2 is 1.74 bits per heavy atom. The summed E-state index contributed by atoms with van der Waals surface area (Å²) in [6, 6.07) is 9.72. The number of nitrogens with zero attached hydrogens (tertiary/aromatic N) is 1. The SMILES string of the molecule is CC.COc1ccc([C@@H](CSC)N2C(=O)c3cccc(NC(C)=O)c3C2=O)cc1OC. The van der Waals surface area contributed by atoms with E-state index < -0.39 is 11.9 Å². The van der Waals surface area contributed by atoms with Gasteiger partial charge in [-0.2, -0.15) is 11.8 Å². The fraction of sp³-hybridized carbons (Fsp3) is 0.348. The lowest BCUT2D eigenvalue weighted by atomic mass is 10.1. The number of benzene rings is 2. The molecule has 3 amide bonds. The van der Waals surface area contributed by atoms with Crippen LogP contribution < -0.4 is 14.8 Å². The van der Waals surface area contributed by atoms with E-state index in [1.807, 2.05) is 26.2 Å². The fourth-order valence-electron chi connectivity index (χ4n) is 3.42. The molecule has 0 aliphatic carbocycles. The minimum Gasteiger partial charge on any atom is -0.493 e.